The molecule has 3 heterocycles. The van der Waals surface area contributed by atoms with Crippen molar-refractivity contribution in [3.05, 3.63) is 173 Å². The summed E-state index contributed by atoms with van der Waals surface area (Å²) in [7, 11) is -3.87. The van der Waals surface area contributed by atoms with Gasteiger partial charge in [-0.3, -0.25) is 0 Å². The molecule has 1 aliphatic carbocycles. The van der Waals surface area contributed by atoms with Gasteiger partial charge in [0.1, 0.15) is 0 Å². The van der Waals surface area contributed by atoms with E-state index in [1.807, 2.05) is 12.1 Å². The molecule has 6 nitrogen and oxygen atoms in total. The van der Waals surface area contributed by atoms with Gasteiger partial charge in [0.15, 0.2) is 0 Å². The van der Waals surface area contributed by atoms with Crippen LogP contribution in [0.25, 0.3) is 82.5 Å². The largest absolute Gasteiger partial charge is 0.313 e. The van der Waals surface area contributed by atoms with Gasteiger partial charge in [-0.15, -0.1) is 0 Å². The van der Waals surface area contributed by atoms with Crippen molar-refractivity contribution in [2.24, 2.45) is 11.3 Å². The van der Waals surface area contributed by atoms with E-state index in [0.717, 1.165) is 56.2 Å². The maximum Gasteiger partial charge on any atom is 0.206 e. The molecule has 10 aromatic rings. The first-order valence-electron chi connectivity index (χ1n) is 25.8. The number of rotatable bonds is 5. The molecule has 0 spiro atoms. The number of allylic oxidation sites excluding steroid dienone is 4. The van der Waals surface area contributed by atoms with Crippen molar-refractivity contribution in [1.82, 2.24) is 13.7 Å². The van der Waals surface area contributed by atoms with Crippen molar-refractivity contribution in [1.29, 1.82) is 5.26 Å². The third-order valence-corrected chi connectivity index (χ3v) is 17.5. The van der Waals surface area contributed by atoms with E-state index in [2.05, 4.69) is 207 Å². The fourth-order valence-electron chi connectivity index (χ4n) is 11.2. The van der Waals surface area contributed by atoms with Gasteiger partial charge in [0.25, 0.3) is 0 Å². The number of benzene rings is 7. The van der Waals surface area contributed by atoms with Gasteiger partial charge in [-0.1, -0.05) is 126 Å². The van der Waals surface area contributed by atoms with Crippen LogP contribution in [0.1, 0.15) is 119 Å². The zero-order chi connectivity index (χ0) is 51.9. The van der Waals surface area contributed by atoms with E-state index < -0.39 is 9.84 Å². The number of hydrogen-bond acceptors (Lipinski definition) is 3. The predicted molar refractivity (Wildman–Crippen MR) is 306 cm³/mol. The molecule has 0 fully saturated rings. The lowest BCUT2D eigenvalue weighted by Crippen LogP contribution is -2.17. The molecule has 0 bridgehead atoms. The van der Waals surface area contributed by atoms with E-state index in [4.69, 9.17) is 0 Å². The fourth-order valence-corrected chi connectivity index (χ4v) is 12.5. The SMILES string of the molecule is C[C@@H]1CC(C(C)(C)C)=CC=C1n1c2ccc(C(C)(C)C)cc2c2cc3c4cc5c6cc(C(C)(C)C)ccc6n(-c6ccc(C(C)(C)C)cc6)c5cc4n(-c4ccc(S(=O)(=O)c5ccc(C#N)cc5)cc4)c3cc21. The fraction of sp³-hybridized carbons (Fsp3) is 0.288. The number of sulfone groups is 1. The zero-order valence-electron chi connectivity index (χ0n) is 44.7. The monoisotopic (exact) mass is 978 g/mol. The topological polar surface area (TPSA) is 72.7 Å². The van der Waals surface area contributed by atoms with E-state index >= 15 is 0 Å². The number of hydrogen-bond donors (Lipinski definition) is 0. The average molecular weight is 979 g/mol. The van der Waals surface area contributed by atoms with E-state index in [-0.39, 0.29) is 37.4 Å². The Kier molecular flexibility index (Phi) is 10.8. The van der Waals surface area contributed by atoms with Gasteiger partial charge in [0, 0.05) is 55.3 Å². The summed E-state index contributed by atoms with van der Waals surface area (Å²) in [5, 5.41) is 16.5. The minimum absolute atomic E-state index is 0.00723. The normalized spacial score (nSPS) is 15.3. The second kappa shape index (κ2) is 16.4. The van der Waals surface area contributed by atoms with Crippen LogP contribution in [0.5, 0.6) is 0 Å². The van der Waals surface area contributed by atoms with Gasteiger partial charge in [-0.05, 0) is 160 Å². The van der Waals surface area contributed by atoms with Gasteiger partial charge in [0.05, 0.1) is 54.5 Å². The lowest BCUT2D eigenvalue weighted by molar-refractivity contribution is 0.461. The number of fused-ring (bicyclic) bond motifs is 9. The van der Waals surface area contributed by atoms with Gasteiger partial charge in [-0.2, -0.15) is 5.26 Å². The van der Waals surface area contributed by atoms with Crippen LogP contribution in [0.15, 0.2) is 161 Å². The Morgan fingerprint density at radius 2 is 0.822 bits per heavy atom. The van der Waals surface area contributed by atoms with Gasteiger partial charge in [-0.25, -0.2) is 8.42 Å². The van der Waals surface area contributed by atoms with E-state index in [0.29, 0.717) is 5.56 Å². The Labute approximate surface area is 430 Å². The molecular weight excluding hydrogens is 913 g/mol. The summed E-state index contributed by atoms with van der Waals surface area (Å²) in [6, 6.07) is 48.2. The summed E-state index contributed by atoms with van der Waals surface area (Å²) in [5.74, 6) is 0.275. The number of aromatic nitrogens is 3. The van der Waals surface area contributed by atoms with Crippen LogP contribution in [-0.2, 0) is 26.1 Å². The second-order valence-electron chi connectivity index (χ2n) is 24.8. The highest BCUT2D eigenvalue weighted by Crippen LogP contribution is 2.47. The molecule has 0 N–H and O–H groups in total. The predicted octanol–water partition coefficient (Wildman–Crippen LogP) is 17.4. The maximum absolute atomic E-state index is 14.1. The Morgan fingerprint density at radius 1 is 0.438 bits per heavy atom. The maximum atomic E-state index is 14.1. The van der Waals surface area contributed by atoms with Crippen LogP contribution in [-0.4, -0.2) is 22.1 Å². The van der Waals surface area contributed by atoms with E-state index in [9.17, 15) is 13.7 Å². The molecule has 0 aliphatic heterocycles. The summed E-state index contributed by atoms with van der Waals surface area (Å²) >= 11 is 0. The summed E-state index contributed by atoms with van der Waals surface area (Å²) in [4.78, 5) is 0.340. The van der Waals surface area contributed by atoms with Crippen molar-refractivity contribution < 1.29 is 8.42 Å². The molecule has 11 rings (SSSR count). The van der Waals surface area contributed by atoms with Crippen LogP contribution < -0.4 is 0 Å². The van der Waals surface area contributed by atoms with Crippen molar-refractivity contribution in [2.45, 2.75) is 122 Å². The summed E-state index contributed by atoms with van der Waals surface area (Å²) in [6.07, 6.45) is 5.69. The molecule has 0 saturated heterocycles. The molecule has 368 valence electrons. The van der Waals surface area contributed by atoms with Crippen LogP contribution in [0.3, 0.4) is 0 Å². The molecule has 0 unspecified atom stereocenters. The van der Waals surface area contributed by atoms with Crippen molar-refractivity contribution in [3.8, 4) is 17.4 Å². The molecule has 1 atom stereocenters. The minimum Gasteiger partial charge on any atom is -0.313 e. The third kappa shape index (κ3) is 7.92. The number of nitrogens with zero attached hydrogens (tertiary/aromatic N) is 4. The molecule has 0 saturated carbocycles. The summed E-state index contributed by atoms with van der Waals surface area (Å²) in [6.45, 7) is 29.8. The van der Waals surface area contributed by atoms with Gasteiger partial charge in [0.2, 0.25) is 9.84 Å². The molecule has 0 radical (unpaired) electrons. The van der Waals surface area contributed by atoms with Crippen LogP contribution in [0.2, 0.25) is 0 Å². The average Bonchev–Trinajstić information content (AvgIpc) is 3.95. The quantitative estimate of drug-likeness (QED) is 0.172. The van der Waals surface area contributed by atoms with Crippen molar-refractivity contribution in [3.63, 3.8) is 0 Å². The lowest BCUT2D eigenvalue weighted by atomic mass is 9.78. The summed E-state index contributed by atoms with van der Waals surface area (Å²) < 4.78 is 35.5. The Morgan fingerprint density at radius 3 is 1.25 bits per heavy atom. The van der Waals surface area contributed by atoms with Gasteiger partial charge >= 0.3 is 0 Å². The van der Waals surface area contributed by atoms with Crippen LogP contribution >= 0.6 is 0 Å². The summed E-state index contributed by atoms with van der Waals surface area (Å²) in [5.41, 5.74) is 15.5. The lowest BCUT2D eigenvalue weighted by Gasteiger charge is -2.30. The first-order chi connectivity index (χ1) is 34.3. The Bertz CT molecular complexity index is 4140. The van der Waals surface area contributed by atoms with Crippen LogP contribution in [0, 0.1) is 22.7 Å². The standard InChI is InChI=1S/C66H66N4O2S/c1-40-32-43(64(5,6)7)18-29-56(40)70-58-31-20-45(66(11,12)13)34-51(58)53-36-55-54-35-52-50-33-44(65(8,9)10)19-30-57(50)68(46-21-16-42(17-22-46)63(2,3)4)59(52)37-60(54)69(61(55)38-62(53)70)47-23-27-49(28-24-47)73(71,72)48-25-14-41(39-67)15-26-48/h14-31,33-38,40H,32H2,1-13H3/t40-/m1/s1. The van der Waals surface area contributed by atoms with Crippen molar-refractivity contribution >= 4 is 81.0 Å². The minimum atomic E-state index is -3.87. The van der Waals surface area contributed by atoms with E-state index in [1.165, 1.54) is 67.2 Å². The highest BCUT2D eigenvalue weighted by Gasteiger charge is 2.29. The molecule has 1 aliphatic rings. The molecule has 7 heteroatoms. The second-order valence-corrected chi connectivity index (χ2v) is 26.8. The Balaban J connectivity index is 1.26. The Hall–Kier alpha value is -7.14. The smallest absolute Gasteiger partial charge is 0.206 e. The zero-order valence-corrected chi connectivity index (χ0v) is 45.5. The van der Waals surface area contributed by atoms with Crippen LogP contribution in [0.4, 0.5) is 0 Å². The first kappa shape index (κ1) is 48.1. The number of nitriles is 1. The molecular formula is C66H66N4O2S. The molecule has 3 aromatic heterocycles. The third-order valence-electron chi connectivity index (χ3n) is 15.7. The highest BCUT2D eigenvalue weighted by molar-refractivity contribution is 7.91. The first-order valence-corrected chi connectivity index (χ1v) is 27.2. The molecule has 7 aromatic carbocycles. The molecule has 73 heavy (non-hydrogen) atoms. The van der Waals surface area contributed by atoms with Gasteiger partial charge < -0.3 is 13.7 Å². The van der Waals surface area contributed by atoms with E-state index in [1.54, 1.807) is 24.3 Å². The molecule has 0 amide bonds. The highest BCUT2D eigenvalue weighted by atomic mass is 32.2. The van der Waals surface area contributed by atoms with Crippen molar-refractivity contribution in [2.75, 3.05) is 0 Å².